The minimum Gasteiger partial charge on any atom is -0.504 e. The third-order valence-electron chi connectivity index (χ3n) is 3.46. The van der Waals surface area contributed by atoms with Crippen LogP contribution in [0.2, 0.25) is 0 Å². The van der Waals surface area contributed by atoms with Gasteiger partial charge in [-0.1, -0.05) is 0 Å². The molecule has 6 nitrogen and oxygen atoms in total. The maximum absolute atomic E-state index is 10.4. The predicted octanol–water partition coefficient (Wildman–Crippen LogP) is 1.48. The van der Waals surface area contributed by atoms with Crippen LogP contribution in [-0.2, 0) is 12.8 Å². The molecule has 0 spiro atoms. The molecule has 0 unspecified atom stereocenters. The monoisotopic (exact) mass is 309 g/mol. The second kappa shape index (κ2) is 6.62. The summed E-state index contributed by atoms with van der Waals surface area (Å²) < 4.78 is 10.5. The molecule has 114 valence electrons. The van der Waals surface area contributed by atoms with Crippen molar-refractivity contribution in [1.82, 2.24) is 5.43 Å². The van der Waals surface area contributed by atoms with Gasteiger partial charge in [-0.15, -0.1) is 0 Å². The van der Waals surface area contributed by atoms with Crippen molar-refractivity contribution in [1.29, 1.82) is 0 Å². The summed E-state index contributed by atoms with van der Waals surface area (Å²) in [6.07, 6.45) is 3.11. The van der Waals surface area contributed by atoms with Crippen LogP contribution < -0.4 is 20.6 Å². The molecule has 0 aliphatic heterocycles. The lowest BCUT2D eigenvalue weighted by molar-refractivity contribution is 0.331. The average Bonchev–Trinajstić information content (AvgIpc) is 2.67. The highest BCUT2D eigenvalue weighted by atomic mass is 32.1. The first-order chi connectivity index (χ1) is 10.1. The average molecular weight is 309 g/mol. The highest BCUT2D eigenvalue weighted by Crippen LogP contribution is 2.42. The van der Waals surface area contributed by atoms with Gasteiger partial charge in [0.05, 0.1) is 14.2 Å². The smallest absolute Gasteiger partial charge is 0.203 e. The highest BCUT2D eigenvalue weighted by Gasteiger charge is 2.22. The molecule has 0 saturated carbocycles. The zero-order valence-corrected chi connectivity index (χ0v) is 12.9. The minimum absolute atomic E-state index is 0.108. The van der Waals surface area contributed by atoms with Crippen LogP contribution in [0.15, 0.2) is 11.2 Å². The summed E-state index contributed by atoms with van der Waals surface area (Å²) in [4.78, 5) is 0. The van der Waals surface area contributed by atoms with Crippen LogP contribution in [0.25, 0.3) is 0 Å². The summed E-state index contributed by atoms with van der Waals surface area (Å²) in [6, 6.07) is 1.91. The van der Waals surface area contributed by atoms with Gasteiger partial charge in [0.1, 0.15) is 0 Å². The number of benzene rings is 1. The van der Waals surface area contributed by atoms with Crippen molar-refractivity contribution in [2.24, 2.45) is 10.8 Å². The Morgan fingerprint density at radius 3 is 2.76 bits per heavy atom. The van der Waals surface area contributed by atoms with Gasteiger partial charge >= 0.3 is 0 Å². The fourth-order valence-electron chi connectivity index (χ4n) is 2.49. The zero-order chi connectivity index (χ0) is 15.4. The van der Waals surface area contributed by atoms with E-state index >= 15 is 0 Å². The van der Waals surface area contributed by atoms with Crippen LogP contribution in [0.5, 0.6) is 17.2 Å². The van der Waals surface area contributed by atoms with E-state index in [0.717, 1.165) is 36.1 Å². The molecule has 0 bridgehead atoms. The van der Waals surface area contributed by atoms with Crippen LogP contribution in [0.4, 0.5) is 0 Å². The summed E-state index contributed by atoms with van der Waals surface area (Å²) in [5.41, 5.74) is 10.7. The van der Waals surface area contributed by atoms with Gasteiger partial charge in [0, 0.05) is 17.7 Å². The summed E-state index contributed by atoms with van der Waals surface area (Å²) >= 11 is 4.75. The molecular formula is C14H19N3O3S. The molecule has 4 N–H and O–H groups in total. The Morgan fingerprint density at radius 1 is 1.38 bits per heavy atom. The topological polar surface area (TPSA) is 89.1 Å². The van der Waals surface area contributed by atoms with Crippen molar-refractivity contribution in [3.63, 3.8) is 0 Å². The van der Waals surface area contributed by atoms with E-state index in [9.17, 15) is 5.11 Å². The van der Waals surface area contributed by atoms with E-state index in [1.165, 1.54) is 7.11 Å². The third-order valence-corrected chi connectivity index (χ3v) is 3.55. The Kier molecular flexibility index (Phi) is 4.85. The second-order valence-electron chi connectivity index (χ2n) is 4.78. The molecule has 0 saturated heterocycles. The lowest BCUT2D eigenvalue weighted by Gasteiger charge is -2.15. The van der Waals surface area contributed by atoms with Crippen LogP contribution in [0.3, 0.4) is 0 Å². The SMILES string of the molecule is COc1cc2c(c(O)c1OC)C/C(=N\NC(N)=S)CCC2. The molecule has 0 atom stereocenters. The number of hydrazone groups is 1. The molecule has 0 radical (unpaired) electrons. The van der Waals surface area contributed by atoms with Gasteiger partial charge < -0.3 is 20.3 Å². The largest absolute Gasteiger partial charge is 0.504 e. The molecule has 1 aromatic carbocycles. The first-order valence-electron chi connectivity index (χ1n) is 6.63. The van der Waals surface area contributed by atoms with Crippen molar-refractivity contribution in [2.45, 2.75) is 25.7 Å². The van der Waals surface area contributed by atoms with Gasteiger partial charge in [0.15, 0.2) is 16.6 Å². The zero-order valence-electron chi connectivity index (χ0n) is 12.1. The van der Waals surface area contributed by atoms with Gasteiger partial charge in [-0.3, -0.25) is 5.43 Å². The van der Waals surface area contributed by atoms with Crippen LogP contribution in [0, 0.1) is 0 Å². The first-order valence-corrected chi connectivity index (χ1v) is 7.04. The fraction of sp³-hybridized carbons (Fsp3) is 0.429. The third kappa shape index (κ3) is 3.36. The lowest BCUT2D eigenvalue weighted by atomic mass is 10.00. The number of fused-ring (bicyclic) bond motifs is 1. The molecule has 1 aliphatic carbocycles. The molecule has 7 heteroatoms. The summed E-state index contributed by atoms with van der Waals surface area (Å²) in [6.45, 7) is 0. The Bertz CT molecular complexity index is 587. The van der Waals surface area contributed by atoms with E-state index in [1.54, 1.807) is 7.11 Å². The van der Waals surface area contributed by atoms with Gasteiger partial charge in [-0.25, -0.2) is 0 Å². The van der Waals surface area contributed by atoms with Crippen LogP contribution in [0.1, 0.15) is 24.0 Å². The van der Waals surface area contributed by atoms with Crippen LogP contribution >= 0.6 is 12.2 Å². The van der Waals surface area contributed by atoms with E-state index in [2.05, 4.69) is 10.5 Å². The van der Waals surface area contributed by atoms with Crippen molar-refractivity contribution < 1.29 is 14.6 Å². The van der Waals surface area contributed by atoms with Crippen LogP contribution in [-0.4, -0.2) is 30.2 Å². The summed E-state index contributed by atoms with van der Waals surface area (Å²) in [7, 11) is 3.06. The van der Waals surface area contributed by atoms with Gasteiger partial charge in [0.25, 0.3) is 0 Å². The number of nitrogens with one attached hydrogen (secondary N) is 1. The summed E-state index contributed by atoms with van der Waals surface area (Å²) in [5.74, 6) is 0.993. The number of rotatable bonds is 3. The number of thiocarbonyl (C=S) groups is 1. The minimum atomic E-state index is 0.108. The molecule has 0 aromatic heterocycles. The van der Waals surface area contributed by atoms with Crippen molar-refractivity contribution >= 4 is 23.0 Å². The normalized spacial score (nSPS) is 16.0. The van der Waals surface area contributed by atoms with E-state index in [-0.39, 0.29) is 10.9 Å². The van der Waals surface area contributed by atoms with Crippen molar-refractivity contribution in [3.05, 3.63) is 17.2 Å². The van der Waals surface area contributed by atoms with E-state index in [0.29, 0.717) is 17.9 Å². The number of ether oxygens (including phenoxy) is 2. The van der Waals surface area contributed by atoms with Crippen molar-refractivity contribution in [3.8, 4) is 17.2 Å². The number of methoxy groups -OCH3 is 2. The van der Waals surface area contributed by atoms with Crippen molar-refractivity contribution in [2.75, 3.05) is 14.2 Å². The molecule has 2 rings (SSSR count). The highest BCUT2D eigenvalue weighted by molar-refractivity contribution is 7.80. The quantitative estimate of drug-likeness (QED) is 0.445. The fourth-order valence-corrected chi connectivity index (χ4v) is 2.54. The second-order valence-corrected chi connectivity index (χ2v) is 5.22. The molecular weight excluding hydrogens is 290 g/mol. The molecule has 0 amide bonds. The number of hydrogen-bond acceptors (Lipinski definition) is 5. The maximum Gasteiger partial charge on any atom is 0.203 e. The molecule has 1 aromatic rings. The number of aryl methyl sites for hydroxylation is 1. The number of phenols is 1. The predicted molar refractivity (Wildman–Crippen MR) is 85.2 cm³/mol. The van der Waals surface area contributed by atoms with Gasteiger partial charge in [0.2, 0.25) is 5.75 Å². The number of nitrogens with two attached hydrogens (primary N) is 1. The number of nitrogens with zero attached hydrogens (tertiary/aromatic N) is 1. The maximum atomic E-state index is 10.4. The molecule has 0 heterocycles. The first kappa shape index (κ1) is 15.4. The van der Waals surface area contributed by atoms with Gasteiger partial charge in [-0.05, 0) is 43.1 Å². The van der Waals surface area contributed by atoms with E-state index in [4.69, 9.17) is 27.4 Å². The molecule has 21 heavy (non-hydrogen) atoms. The number of phenolic OH excluding ortho intramolecular Hbond substituents is 1. The molecule has 0 fully saturated rings. The van der Waals surface area contributed by atoms with E-state index < -0.39 is 0 Å². The Balaban J connectivity index is 2.41. The van der Waals surface area contributed by atoms with E-state index in [1.807, 2.05) is 6.07 Å². The Hall–Kier alpha value is -2.02. The van der Waals surface area contributed by atoms with Gasteiger partial charge in [-0.2, -0.15) is 5.10 Å². The number of aromatic hydroxyl groups is 1. The standard InChI is InChI=1S/C14H19N3O3S/c1-19-11-6-8-4-3-5-9(16-17-14(15)21)7-10(8)12(18)13(11)20-2/h6,18H,3-5,7H2,1-2H3,(H3,15,17,21)/b16-9-. The Labute approximate surface area is 128 Å². The lowest BCUT2D eigenvalue weighted by Crippen LogP contribution is -2.25. The molecule has 1 aliphatic rings. The Morgan fingerprint density at radius 2 is 2.14 bits per heavy atom. The summed E-state index contributed by atoms with van der Waals surface area (Å²) in [5, 5.41) is 14.8. The number of hydrogen-bond donors (Lipinski definition) is 3.